The van der Waals surface area contributed by atoms with Gasteiger partial charge in [0.15, 0.2) is 0 Å². The fraction of sp³-hybridized carbons (Fsp3) is 0.600. The summed E-state index contributed by atoms with van der Waals surface area (Å²) in [5.74, 6) is 0. The second-order valence-corrected chi connectivity index (χ2v) is 3.96. The summed E-state index contributed by atoms with van der Waals surface area (Å²) in [5.41, 5.74) is 1.36. The molecule has 0 amide bonds. The molecule has 2 N–H and O–H groups in total. The van der Waals surface area contributed by atoms with Gasteiger partial charge in [-0.05, 0) is 37.3 Å². The number of hydrogen-bond acceptors (Lipinski definition) is 3. The van der Waals surface area contributed by atoms with Crippen molar-refractivity contribution in [3.8, 4) is 0 Å². The Kier molecular flexibility index (Phi) is 5.01. The van der Waals surface area contributed by atoms with Crippen molar-refractivity contribution in [2.24, 2.45) is 0 Å². The van der Waals surface area contributed by atoms with Gasteiger partial charge < -0.3 is 5.32 Å². The Morgan fingerprint density at radius 3 is 3.08 bits per heavy atom. The van der Waals surface area contributed by atoms with Crippen LogP contribution < -0.4 is 10.0 Å². The van der Waals surface area contributed by atoms with Crippen LogP contribution in [0.5, 0.6) is 0 Å². The lowest BCUT2D eigenvalue weighted by molar-refractivity contribution is 0.834. The molecule has 3 heteroatoms. The first-order chi connectivity index (χ1) is 6.38. The summed E-state index contributed by atoms with van der Waals surface area (Å²) >= 11 is 1.73. The van der Waals surface area contributed by atoms with Crippen molar-refractivity contribution in [2.75, 3.05) is 13.6 Å². The van der Waals surface area contributed by atoms with Gasteiger partial charge in [0.25, 0.3) is 0 Å². The van der Waals surface area contributed by atoms with Gasteiger partial charge in [0.1, 0.15) is 0 Å². The third-order valence-electron chi connectivity index (χ3n) is 1.96. The maximum absolute atomic E-state index is 3.34. The van der Waals surface area contributed by atoms with Crippen molar-refractivity contribution in [1.82, 2.24) is 10.0 Å². The molecule has 0 spiro atoms. The van der Waals surface area contributed by atoms with E-state index in [0.29, 0.717) is 0 Å². The lowest BCUT2D eigenvalue weighted by atomic mass is 10.1. The Labute approximate surface area is 85.0 Å². The first kappa shape index (κ1) is 10.7. The molecule has 0 aliphatic heterocycles. The highest BCUT2D eigenvalue weighted by molar-refractivity contribution is 8.01. The predicted molar refractivity (Wildman–Crippen MR) is 60.3 cm³/mol. The second-order valence-electron chi connectivity index (χ2n) is 3.03. The molecule has 1 aliphatic rings. The van der Waals surface area contributed by atoms with E-state index in [0.717, 1.165) is 19.4 Å². The van der Waals surface area contributed by atoms with E-state index >= 15 is 0 Å². The SMILES string of the molecule is CCCNSC1=C(NC)CCC=C1. The molecule has 1 rings (SSSR count). The molecule has 0 fully saturated rings. The van der Waals surface area contributed by atoms with E-state index in [1.54, 1.807) is 11.9 Å². The van der Waals surface area contributed by atoms with E-state index in [2.05, 4.69) is 29.1 Å². The summed E-state index contributed by atoms with van der Waals surface area (Å²) in [6.45, 7) is 3.25. The van der Waals surface area contributed by atoms with Crippen molar-refractivity contribution in [1.29, 1.82) is 0 Å². The maximum atomic E-state index is 3.34. The third kappa shape index (κ3) is 3.44. The van der Waals surface area contributed by atoms with Crippen molar-refractivity contribution in [2.45, 2.75) is 26.2 Å². The molecule has 0 saturated carbocycles. The van der Waals surface area contributed by atoms with Crippen LogP contribution >= 0.6 is 11.9 Å². The molecule has 74 valence electrons. The Bertz CT molecular complexity index is 209. The first-order valence-corrected chi connectivity index (χ1v) is 5.67. The highest BCUT2D eigenvalue weighted by Gasteiger charge is 2.06. The molecular formula is C10H18N2S. The third-order valence-corrected chi connectivity index (χ3v) is 2.91. The largest absolute Gasteiger partial charge is 0.390 e. The zero-order valence-electron chi connectivity index (χ0n) is 8.39. The van der Waals surface area contributed by atoms with Crippen molar-refractivity contribution in [3.63, 3.8) is 0 Å². The number of rotatable bonds is 5. The average molecular weight is 198 g/mol. The number of nitrogens with one attached hydrogen (secondary N) is 2. The minimum absolute atomic E-state index is 1.07. The molecule has 13 heavy (non-hydrogen) atoms. The average Bonchev–Trinajstić information content (AvgIpc) is 2.19. The van der Waals surface area contributed by atoms with Gasteiger partial charge in [-0.3, -0.25) is 4.72 Å². The maximum Gasteiger partial charge on any atom is 0.0414 e. The summed E-state index contributed by atoms with van der Waals surface area (Å²) in [5, 5.41) is 3.25. The van der Waals surface area contributed by atoms with E-state index in [1.165, 1.54) is 17.0 Å². The van der Waals surface area contributed by atoms with Crippen molar-refractivity contribution in [3.05, 3.63) is 22.8 Å². The molecule has 2 nitrogen and oxygen atoms in total. The fourth-order valence-electron chi connectivity index (χ4n) is 1.22. The van der Waals surface area contributed by atoms with Gasteiger partial charge in [-0.1, -0.05) is 13.0 Å². The molecular weight excluding hydrogens is 180 g/mol. The van der Waals surface area contributed by atoms with Gasteiger partial charge in [0.2, 0.25) is 0 Å². The van der Waals surface area contributed by atoms with Crippen LogP contribution in [0.1, 0.15) is 26.2 Å². The second kappa shape index (κ2) is 6.11. The van der Waals surface area contributed by atoms with Crippen LogP contribution in [-0.2, 0) is 0 Å². The molecule has 0 unspecified atom stereocenters. The topological polar surface area (TPSA) is 24.1 Å². The first-order valence-electron chi connectivity index (χ1n) is 4.85. The molecule has 0 aromatic heterocycles. The Hall–Kier alpha value is -0.410. The quantitative estimate of drug-likeness (QED) is 0.524. The molecule has 0 saturated heterocycles. The van der Waals surface area contributed by atoms with Crippen LogP contribution in [-0.4, -0.2) is 13.6 Å². The van der Waals surface area contributed by atoms with Crippen LogP contribution in [0.4, 0.5) is 0 Å². The van der Waals surface area contributed by atoms with E-state index in [9.17, 15) is 0 Å². The van der Waals surface area contributed by atoms with Crippen LogP contribution in [0.25, 0.3) is 0 Å². The predicted octanol–water partition coefficient (Wildman–Crippen LogP) is 2.42. The molecule has 0 aromatic rings. The molecule has 0 heterocycles. The van der Waals surface area contributed by atoms with Crippen LogP contribution in [0.3, 0.4) is 0 Å². The van der Waals surface area contributed by atoms with Crippen molar-refractivity contribution < 1.29 is 0 Å². The fourth-order valence-corrected chi connectivity index (χ4v) is 2.17. The van der Waals surface area contributed by atoms with Crippen LogP contribution in [0.15, 0.2) is 22.8 Å². The summed E-state index contributed by atoms with van der Waals surface area (Å²) in [7, 11) is 1.99. The summed E-state index contributed by atoms with van der Waals surface area (Å²) in [6.07, 6.45) is 7.91. The van der Waals surface area contributed by atoms with E-state index in [1.807, 2.05) is 7.05 Å². The number of allylic oxidation sites excluding steroid dienone is 3. The molecule has 1 aliphatic carbocycles. The monoisotopic (exact) mass is 198 g/mol. The normalized spacial score (nSPS) is 16.5. The highest BCUT2D eigenvalue weighted by Crippen LogP contribution is 2.24. The summed E-state index contributed by atoms with van der Waals surface area (Å²) < 4.78 is 3.34. The smallest absolute Gasteiger partial charge is 0.0414 e. The zero-order chi connectivity index (χ0) is 9.52. The minimum atomic E-state index is 1.07. The molecule has 0 atom stereocenters. The number of hydrogen-bond donors (Lipinski definition) is 2. The standard InChI is InChI=1S/C10H18N2S/c1-3-8-12-13-10-7-5-4-6-9(10)11-2/h5,7,11-12H,3-4,6,8H2,1-2H3. The van der Waals surface area contributed by atoms with E-state index in [4.69, 9.17) is 0 Å². The van der Waals surface area contributed by atoms with E-state index < -0.39 is 0 Å². The Morgan fingerprint density at radius 2 is 2.38 bits per heavy atom. The van der Waals surface area contributed by atoms with E-state index in [-0.39, 0.29) is 0 Å². The van der Waals surface area contributed by atoms with Gasteiger partial charge >= 0.3 is 0 Å². The van der Waals surface area contributed by atoms with Gasteiger partial charge in [-0.15, -0.1) is 0 Å². The molecule has 0 bridgehead atoms. The van der Waals surface area contributed by atoms with Gasteiger partial charge in [0, 0.05) is 24.2 Å². The van der Waals surface area contributed by atoms with Gasteiger partial charge in [0.05, 0.1) is 0 Å². The summed E-state index contributed by atoms with van der Waals surface area (Å²) in [4.78, 5) is 1.34. The zero-order valence-corrected chi connectivity index (χ0v) is 9.21. The lowest BCUT2D eigenvalue weighted by Gasteiger charge is -2.15. The van der Waals surface area contributed by atoms with Crippen LogP contribution in [0.2, 0.25) is 0 Å². The Morgan fingerprint density at radius 1 is 1.54 bits per heavy atom. The van der Waals surface area contributed by atoms with Gasteiger partial charge in [-0.25, -0.2) is 0 Å². The highest BCUT2D eigenvalue weighted by atomic mass is 32.2. The Balaban J connectivity index is 2.43. The van der Waals surface area contributed by atoms with Gasteiger partial charge in [-0.2, -0.15) is 0 Å². The molecule has 0 radical (unpaired) electrons. The minimum Gasteiger partial charge on any atom is -0.390 e. The molecule has 0 aromatic carbocycles. The summed E-state index contributed by atoms with van der Waals surface area (Å²) in [6, 6.07) is 0. The lowest BCUT2D eigenvalue weighted by Crippen LogP contribution is -2.12. The van der Waals surface area contributed by atoms with Crippen LogP contribution in [0, 0.1) is 0 Å². The van der Waals surface area contributed by atoms with Crippen molar-refractivity contribution >= 4 is 11.9 Å².